The van der Waals surface area contributed by atoms with Crippen molar-refractivity contribution in [2.75, 3.05) is 18.0 Å². The van der Waals surface area contributed by atoms with Gasteiger partial charge in [0.2, 0.25) is 0 Å². The van der Waals surface area contributed by atoms with Crippen molar-refractivity contribution in [3.8, 4) is 0 Å². The number of carbonyl (C=O) groups excluding carboxylic acids is 1. The van der Waals surface area contributed by atoms with E-state index in [0.29, 0.717) is 13.1 Å². The van der Waals surface area contributed by atoms with Crippen LogP contribution in [0.25, 0.3) is 0 Å². The molecule has 5 nitrogen and oxygen atoms in total. The van der Waals surface area contributed by atoms with Crippen molar-refractivity contribution in [2.45, 2.75) is 19.0 Å². The molecule has 1 saturated heterocycles. The Morgan fingerprint density at radius 3 is 2.88 bits per heavy atom. The third-order valence-electron chi connectivity index (χ3n) is 3.99. The number of anilines is 1. The lowest BCUT2D eigenvalue weighted by Crippen LogP contribution is -2.43. The number of hydrogen-bond donors (Lipinski definition) is 2. The van der Waals surface area contributed by atoms with Crippen LogP contribution < -0.4 is 15.5 Å². The normalized spacial score (nSPS) is 16.9. The van der Waals surface area contributed by atoms with E-state index in [-0.39, 0.29) is 17.1 Å². The van der Waals surface area contributed by atoms with Gasteiger partial charge in [0.1, 0.15) is 5.82 Å². The lowest BCUT2D eigenvalue weighted by molar-refractivity contribution is 0.237. The summed E-state index contributed by atoms with van der Waals surface area (Å²) in [5, 5.41) is 5.90. The smallest absolute Gasteiger partial charge is 0.315 e. The van der Waals surface area contributed by atoms with Gasteiger partial charge in [-0.2, -0.15) is 0 Å². The van der Waals surface area contributed by atoms with E-state index in [2.05, 4.69) is 20.5 Å². The zero-order valence-electron chi connectivity index (χ0n) is 13.0. The van der Waals surface area contributed by atoms with Gasteiger partial charge in [-0.1, -0.05) is 11.6 Å². The quantitative estimate of drug-likeness (QED) is 0.893. The lowest BCUT2D eigenvalue weighted by Gasteiger charge is -2.19. The molecule has 1 aromatic heterocycles. The number of nitrogens with zero attached hydrogens (tertiary/aromatic N) is 2. The summed E-state index contributed by atoms with van der Waals surface area (Å²) >= 11 is 5.83. The second-order valence-corrected chi connectivity index (χ2v) is 6.12. The highest BCUT2D eigenvalue weighted by Gasteiger charge is 2.24. The lowest BCUT2D eigenvalue weighted by atomic mass is 10.2. The van der Waals surface area contributed by atoms with Crippen LogP contribution in [0, 0.1) is 5.82 Å². The van der Waals surface area contributed by atoms with Gasteiger partial charge in [0.05, 0.1) is 5.02 Å². The molecule has 7 heteroatoms. The predicted octanol–water partition coefficient (Wildman–Crippen LogP) is 2.95. The summed E-state index contributed by atoms with van der Waals surface area (Å²) in [5.74, 6) is -0.426. The van der Waals surface area contributed by atoms with Gasteiger partial charge in [0, 0.05) is 43.8 Å². The van der Waals surface area contributed by atoms with Crippen LogP contribution in [-0.4, -0.2) is 30.1 Å². The number of carbonyl (C=O) groups is 1. The molecule has 3 rings (SSSR count). The van der Waals surface area contributed by atoms with Gasteiger partial charge in [-0.15, -0.1) is 0 Å². The second-order valence-electron chi connectivity index (χ2n) is 5.71. The van der Waals surface area contributed by atoms with E-state index in [1.54, 1.807) is 24.5 Å². The topological polar surface area (TPSA) is 57.3 Å². The summed E-state index contributed by atoms with van der Waals surface area (Å²) in [6.45, 7) is 1.92. The van der Waals surface area contributed by atoms with Crippen molar-refractivity contribution in [3.05, 3.63) is 59.1 Å². The minimum absolute atomic E-state index is 0.0475. The number of aromatic nitrogens is 1. The zero-order chi connectivity index (χ0) is 16.9. The van der Waals surface area contributed by atoms with Crippen molar-refractivity contribution >= 4 is 23.3 Å². The van der Waals surface area contributed by atoms with Crippen LogP contribution in [0.4, 0.5) is 14.9 Å². The average Bonchev–Trinajstić information content (AvgIpc) is 3.05. The molecular weight excluding hydrogens is 331 g/mol. The number of nitrogens with one attached hydrogen (secondary N) is 2. The molecule has 2 heterocycles. The Kier molecular flexibility index (Phi) is 5.15. The van der Waals surface area contributed by atoms with Crippen LogP contribution in [0.5, 0.6) is 0 Å². The molecule has 1 fully saturated rings. The van der Waals surface area contributed by atoms with Gasteiger partial charge in [0.25, 0.3) is 0 Å². The van der Waals surface area contributed by atoms with Crippen LogP contribution in [0.15, 0.2) is 42.7 Å². The minimum atomic E-state index is -0.426. The van der Waals surface area contributed by atoms with Crippen molar-refractivity contribution in [1.82, 2.24) is 15.6 Å². The van der Waals surface area contributed by atoms with Gasteiger partial charge in [-0.05, 0) is 42.3 Å². The first-order chi connectivity index (χ1) is 11.6. The number of pyridine rings is 1. The largest absolute Gasteiger partial charge is 0.369 e. The molecule has 0 spiro atoms. The molecule has 2 aromatic rings. The van der Waals surface area contributed by atoms with Crippen molar-refractivity contribution in [1.29, 1.82) is 0 Å². The van der Waals surface area contributed by atoms with Gasteiger partial charge in [0.15, 0.2) is 0 Å². The van der Waals surface area contributed by atoms with Crippen LogP contribution in [0.3, 0.4) is 0 Å². The molecule has 0 saturated carbocycles. The number of hydrogen-bond acceptors (Lipinski definition) is 3. The van der Waals surface area contributed by atoms with Crippen molar-refractivity contribution in [3.63, 3.8) is 0 Å². The molecule has 1 aromatic carbocycles. The molecule has 0 aliphatic carbocycles. The average molecular weight is 349 g/mol. The van der Waals surface area contributed by atoms with Crippen LogP contribution in [-0.2, 0) is 6.54 Å². The van der Waals surface area contributed by atoms with Crippen LogP contribution in [0.2, 0.25) is 5.02 Å². The molecule has 2 N–H and O–H groups in total. The summed E-state index contributed by atoms with van der Waals surface area (Å²) in [6.07, 6.45) is 4.22. The maximum absolute atomic E-state index is 13.2. The Morgan fingerprint density at radius 2 is 2.12 bits per heavy atom. The molecule has 1 atom stereocenters. The molecular formula is C17H18ClFN4O. The Bertz CT molecular complexity index is 713. The monoisotopic (exact) mass is 348 g/mol. The SMILES string of the molecule is O=C(NCc1ccncc1)NC1CCN(c2ccc(F)c(Cl)c2)C1. The fraction of sp³-hybridized carbons (Fsp3) is 0.294. The maximum Gasteiger partial charge on any atom is 0.315 e. The first-order valence-electron chi connectivity index (χ1n) is 7.75. The Hall–Kier alpha value is -2.34. The van der Waals surface area contributed by atoms with Crippen LogP contribution in [0.1, 0.15) is 12.0 Å². The van der Waals surface area contributed by atoms with E-state index in [9.17, 15) is 9.18 Å². The van der Waals surface area contributed by atoms with Gasteiger partial charge in [-0.25, -0.2) is 9.18 Å². The summed E-state index contributed by atoms with van der Waals surface area (Å²) in [5.41, 5.74) is 1.86. The second kappa shape index (κ2) is 7.49. The van der Waals surface area contributed by atoms with E-state index in [1.807, 2.05) is 12.1 Å². The number of urea groups is 1. The Labute approximate surface area is 144 Å². The van der Waals surface area contributed by atoms with E-state index >= 15 is 0 Å². The maximum atomic E-state index is 13.2. The molecule has 0 radical (unpaired) electrons. The standard InChI is InChI=1S/C17H18ClFN4O/c18-15-9-14(1-2-16(15)19)23-8-5-13(11-23)22-17(24)21-10-12-3-6-20-7-4-12/h1-4,6-7,9,13H,5,8,10-11H2,(H2,21,22,24). The molecule has 24 heavy (non-hydrogen) atoms. The highest BCUT2D eigenvalue weighted by molar-refractivity contribution is 6.31. The molecule has 1 aliphatic rings. The summed E-state index contributed by atoms with van der Waals surface area (Å²) in [4.78, 5) is 18.0. The third-order valence-corrected chi connectivity index (χ3v) is 4.28. The van der Waals surface area contributed by atoms with E-state index in [1.165, 1.54) is 6.07 Å². The predicted molar refractivity (Wildman–Crippen MR) is 91.6 cm³/mol. The number of amides is 2. The van der Waals surface area contributed by atoms with Gasteiger partial charge in [-0.3, -0.25) is 4.98 Å². The summed E-state index contributed by atoms with van der Waals surface area (Å²) in [7, 11) is 0. The summed E-state index contributed by atoms with van der Waals surface area (Å²) in [6, 6.07) is 8.24. The number of benzene rings is 1. The van der Waals surface area contributed by atoms with Crippen LogP contribution >= 0.6 is 11.6 Å². The van der Waals surface area contributed by atoms with E-state index < -0.39 is 5.82 Å². The van der Waals surface area contributed by atoms with Gasteiger partial charge >= 0.3 is 6.03 Å². The fourth-order valence-corrected chi connectivity index (χ4v) is 2.89. The minimum Gasteiger partial charge on any atom is -0.369 e. The molecule has 1 aliphatic heterocycles. The molecule has 2 amide bonds. The van der Waals surface area contributed by atoms with E-state index in [4.69, 9.17) is 11.6 Å². The Morgan fingerprint density at radius 1 is 1.33 bits per heavy atom. The highest BCUT2D eigenvalue weighted by atomic mass is 35.5. The van der Waals surface area contributed by atoms with Crippen molar-refractivity contribution < 1.29 is 9.18 Å². The summed E-state index contributed by atoms with van der Waals surface area (Å²) < 4.78 is 13.2. The highest BCUT2D eigenvalue weighted by Crippen LogP contribution is 2.25. The molecule has 0 bridgehead atoms. The first kappa shape index (κ1) is 16.5. The van der Waals surface area contributed by atoms with E-state index in [0.717, 1.165) is 24.2 Å². The fourth-order valence-electron chi connectivity index (χ4n) is 2.71. The number of rotatable bonds is 4. The molecule has 1 unspecified atom stereocenters. The zero-order valence-corrected chi connectivity index (χ0v) is 13.8. The van der Waals surface area contributed by atoms with Gasteiger partial charge < -0.3 is 15.5 Å². The third kappa shape index (κ3) is 4.14. The molecule has 126 valence electrons. The Balaban J connectivity index is 1.48. The first-order valence-corrected chi connectivity index (χ1v) is 8.13. The number of halogens is 2. The van der Waals surface area contributed by atoms with Crippen molar-refractivity contribution in [2.24, 2.45) is 0 Å².